The van der Waals surface area contributed by atoms with Crippen molar-refractivity contribution < 1.29 is 17.9 Å². The average molecular weight is 584 g/mol. The molecule has 3 aromatic rings. The fourth-order valence-electron chi connectivity index (χ4n) is 4.49. The van der Waals surface area contributed by atoms with Crippen molar-refractivity contribution in [1.82, 2.24) is 19.7 Å². The molecule has 0 spiro atoms. The molecule has 0 saturated carbocycles. The maximum Gasteiger partial charge on any atom is 0.257 e. The zero-order valence-electron chi connectivity index (χ0n) is 24.8. The van der Waals surface area contributed by atoms with Gasteiger partial charge in [-0.3, -0.25) is 4.68 Å². The van der Waals surface area contributed by atoms with Crippen LogP contribution in [0.4, 0.5) is 26.1 Å². The minimum Gasteiger partial charge on any atom is -0.416 e. The molecule has 0 aliphatic carbocycles. The van der Waals surface area contributed by atoms with Crippen molar-refractivity contribution in [3.8, 4) is 17.3 Å². The second-order valence-corrected chi connectivity index (χ2v) is 17.1. The lowest BCUT2D eigenvalue weighted by atomic mass is 9.83. The highest BCUT2D eigenvalue weighted by Crippen LogP contribution is 2.44. The lowest BCUT2D eigenvalue weighted by Crippen LogP contribution is -2.45. The Morgan fingerprint density at radius 1 is 1.29 bits per heavy atom. The molecule has 41 heavy (non-hydrogen) atoms. The molecule has 3 heterocycles. The Morgan fingerprint density at radius 3 is 2.71 bits per heavy atom. The topological polar surface area (TPSA) is 110 Å². The lowest BCUT2D eigenvalue weighted by molar-refractivity contribution is 0.121. The smallest absolute Gasteiger partial charge is 0.257 e. The number of hydrogen-bond acceptors (Lipinski definition) is 8. The van der Waals surface area contributed by atoms with Gasteiger partial charge in [0.15, 0.2) is 8.32 Å². The second kappa shape index (κ2) is 11.8. The first-order valence-corrected chi connectivity index (χ1v) is 16.6. The molecule has 1 atom stereocenters. The van der Waals surface area contributed by atoms with E-state index >= 15 is 0 Å². The monoisotopic (exact) mass is 583 g/mol. The van der Waals surface area contributed by atoms with Gasteiger partial charge in [-0.15, -0.1) is 0 Å². The number of ether oxygens (including phenoxy) is 1. The number of aromatic nitrogens is 4. The SMILES string of the molecule is COCCc1nn(CC(F)F)cc1Nc1nccc(-c2cc(C#N)c3c(c2)[C@@](C)(CO[Si](C)(C)C(C)(C)C)CN3)n1. The molecule has 12 heteroatoms. The van der Waals surface area contributed by atoms with Crippen LogP contribution in [0.15, 0.2) is 30.6 Å². The highest BCUT2D eigenvalue weighted by atomic mass is 28.4. The van der Waals surface area contributed by atoms with Crippen LogP contribution in [0.1, 0.15) is 44.5 Å². The molecule has 9 nitrogen and oxygen atoms in total. The Bertz CT molecular complexity index is 1430. The molecule has 0 saturated heterocycles. The predicted octanol–water partition coefficient (Wildman–Crippen LogP) is 6.11. The molecule has 0 bridgehead atoms. The van der Waals surface area contributed by atoms with Crippen LogP contribution in [-0.4, -0.2) is 61.4 Å². The molecule has 1 aromatic carbocycles. The van der Waals surface area contributed by atoms with E-state index in [1.54, 1.807) is 19.4 Å². The van der Waals surface area contributed by atoms with Gasteiger partial charge in [0.1, 0.15) is 12.6 Å². The van der Waals surface area contributed by atoms with E-state index in [-0.39, 0.29) is 10.5 Å². The Morgan fingerprint density at radius 2 is 2.05 bits per heavy atom. The zero-order chi connectivity index (χ0) is 30.0. The number of methoxy groups -OCH3 is 1. The van der Waals surface area contributed by atoms with Gasteiger partial charge in [-0.1, -0.05) is 27.7 Å². The van der Waals surface area contributed by atoms with Crippen molar-refractivity contribution >= 4 is 25.6 Å². The number of fused-ring (bicyclic) bond motifs is 1. The summed E-state index contributed by atoms with van der Waals surface area (Å²) < 4.78 is 39.0. The number of nitriles is 1. The van der Waals surface area contributed by atoms with E-state index in [0.717, 1.165) is 16.8 Å². The lowest BCUT2D eigenvalue weighted by Gasteiger charge is -2.39. The summed E-state index contributed by atoms with van der Waals surface area (Å²) in [6.07, 6.45) is 1.06. The third-order valence-corrected chi connectivity index (χ3v) is 12.5. The zero-order valence-corrected chi connectivity index (χ0v) is 25.8. The van der Waals surface area contributed by atoms with Crippen LogP contribution in [0, 0.1) is 11.3 Å². The highest BCUT2D eigenvalue weighted by Gasteiger charge is 2.42. The summed E-state index contributed by atoms with van der Waals surface area (Å²) in [5, 5.41) is 20.9. The van der Waals surface area contributed by atoms with E-state index < -0.39 is 21.3 Å². The van der Waals surface area contributed by atoms with Crippen molar-refractivity contribution in [3.05, 3.63) is 47.4 Å². The molecule has 0 amide bonds. The van der Waals surface area contributed by atoms with Gasteiger partial charge in [0, 0.05) is 50.1 Å². The number of benzene rings is 1. The van der Waals surface area contributed by atoms with E-state index in [1.165, 1.54) is 10.9 Å². The molecule has 0 radical (unpaired) electrons. The Hall–Kier alpha value is -3.40. The van der Waals surface area contributed by atoms with Gasteiger partial charge >= 0.3 is 0 Å². The van der Waals surface area contributed by atoms with Crippen LogP contribution in [0.3, 0.4) is 0 Å². The maximum absolute atomic E-state index is 13.0. The molecular formula is C29H39F2N7O2Si. The fourth-order valence-corrected chi connectivity index (χ4v) is 5.60. The molecule has 0 unspecified atom stereocenters. The molecule has 1 aliphatic heterocycles. The van der Waals surface area contributed by atoms with Gasteiger partial charge in [0.25, 0.3) is 6.43 Å². The van der Waals surface area contributed by atoms with E-state index in [9.17, 15) is 14.0 Å². The number of alkyl halides is 2. The standard InChI is InChI=1S/C29H39F2N7O2Si/c1-28(2,3)41(6,7)40-18-29(4)17-34-26-20(14-32)12-19(13-21(26)29)22-8-10-33-27(35-22)36-24-15-38(16-25(30)31)37-23(24)9-11-39-5/h8,10,12-13,15,25,34H,9,11,16-18H2,1-7H3,(H,33,35,36)/t29-/m1/s1. The van der Waals surface area contributed by atoms with Crippen LogP contribution in [0.2, 0.25) is 18.1 Å². The minimum absolute atomic E-state index is 0.0849. The number of nitrogens with one attached hydrogen (secondary N) is 2. The summed E-state index contributed by atoms with van der Waals surface area (Å²) in [5.74, 6) is 0.291. The molecule has 220 valence electrons. The van der Waals surface area contributed by atoms with E-state index in [2.05, 4.69) is 73.6 Å². The van der Waals surface area contributed by atoms with Crippen LogP contribution < -0.4 is 10.6 Å². The van der Waals surface area contributed by atoms with Gasteiger partial charge in [0.05, 0.1) is 34.9 Å². The summed E-state index contributed by atoms with van der Waals surface area (Å²) in [5.41, 5.74) is 4.58. The van der Waals surface area contributed by atoms with Crippen molar-refractivity contribution in [2.75, 3.05) is 37.5 Å². The third-order valence-electron chi connectivity index (χ3n) is 8.03. The molecule has 0 fully saturated rings. The summed E-state index contributed by atoms with van der Waals surface area (Å²) in [6, 6.07) is 8.01. The Kier molecular flexibility index (Phi) is 8.82. The maximum atomic E-state index is 13.0. The normalized spacial score (nSPS) is 16.9. The number of anilines is 3. The van der Waals surface area contributed by atoms with Gasteiger partial charge in [-0.2, -0.15) is 10.4 Å². The van der Waals surface area contributed by atoms with Crippen LogP contribution in [0.25, 0.3) is 11.3 Å². The van der Waals surface area contributed by atoms with Crippen molar-refractivity contribution in [2.45, 2.75) is 70.6 Å². The predicted molar refractivity (Wildman–Crippen MR) is 158 cm³/mol. The van der Waals surface area contributed by atoms with E-state index in [0.29, 0.717) is 54.8 Å². The molecular weight excluding hydrogens is 544 g/mol. The third kappa shape index (κ3) is 6.74. The Balaban J connectivity index is 1.65. The molecule has 1 aliphatic rings. The van der Waals surface area contributed by atoms with Crippen molar-refractivity contribution in [2.24, 2.45) is 0 Å². The summed E-state index contributed by atoms with van der Waals surface area (Å²) in [4.78, 5) is 9.05. The van der Waals surface area contributed by atoms with Crippen LogP contribution >= 0.6 is 0 Å². The van der Waals surface area contributed by atoms with Crippen molar-refractivity contribution in [3.63, 3.8) is 0 Å². The van der Waals surface area contributed by atoms with Gasteiger partial charge in [-0.25, -0.2) is 18.7 Å². The van der Waals surface area contributed by atoms with Crippen molar-refractivity contribution in [1.29, 1.82) is 5.26 Å². The van der Waals surface area contributed by atoms with Crippen LogP contribution in [-0.2, 0) is 27.5 Å². The van der Waals surface area contributed by atoms with E-state index in [4.69, 9.17) is 14.1 Å². The number of hydrogen-bond donors (Lipinski definition) is 2. The molecule has 2 aromatic heterocycles. The first-order valence-electron chi connectivity index (χ1n) is 13.7. The highest BCUT2D eigenvalue weighted by molar-refractivity contribution is 6.74. The van der Waals surface area contributed by atoms with Crippen LogP contribution in [0.5, 0.6) is 0 Å². The second-order valence-electron chi connectivity index (χ2n) is 12.3. The van der Waals surface area contributed by atoms with Gasteiger partial charge in [-0.05, 0) is 41.9 Å². The quantitative estimate of drug-likeness (QED) is 0.260. The summed E-state index contributed by atoms with van der Waals surface area (Å²) >= 11 is 0. The summed E-state index contributed by atoms with van der Waals surface area (Å²) in [6.45, 7) is 14.4. The number of rotatable bonds is 11. The van der Waals surface area contributed by atoms with E-state index in [1.807, 2.05) is 6.07 Å². The number of nitrogens with zero attached hydrogens (tertiary/aromatic N) is 5. The Labute approximate surface area is 241 Å². The first-order chi connectivity index (χ1) is 19.3. The first kappa shape index (κ1) is 30.6. The fraction of sp³-hybridized carbons (Fsp3) is 0.517. The average Bonchev–Trinajstić information content (AvgIpc) is 3.44. The van der Waals surface area contributed by atoms with Gasteiger partial charge in [0.2, 0.25) is 5.95 Å². The summed E-state index contributed by atoms with van der Waals surface area (Å²) in [7, 11) is -0.412. The number of halogens is 2. The largest absolute Gasteiger partial charge is 0.416 e. The minimum atomic E-state index is -2.53. The molecule has 4 rings (SSSR count). The molecule has 2 N–H and O–H groups in total. The van der Waals surface area contributed by atoms with Gasteiger partial charge < -0.3 is 19.8 Å².